The molecule has 0 bridgehead atoms. The fourth-order valence-corrected chi connectivity index (χ4v) is 4.13. The Hall–Kier alpha value is -1.27. The minimum Gasteiger partial charge on any atom is -0.225 e. The average Bonchev–Trinajstić information content (AvgIpc) is 2.76. The molecule has 19 heavy (non-hydrogen) atoms. The van der Waals surface area contributed by atoms with E-state index in [4.69, 9.17) is 11.6 Å². The predicted octanol–water partition coefficient (Wildman–Crippen LogP) is 2.46. The lowest BCUT2D eigenvalue weighted by Gasteiger charge is -2.17. The normalized spacial score (nSPS) is 18.4. The molecule has 1 unspecified atom stereocenters. The van der Waals surface area contributed by atoms with Crippen LogP contribution in [0.3, 0.4) is 0 Å². The molecule has 1 atom stereocenters. The van der Waals surface area contributed by atoms with E-state index in [9.17, 15) is 4.91 Å². The summed E-state index contributed by atoms with van der Waals surface area (Å²) in [7, 11) is 3.55. The van der Waals surface area contributed by atoms with E-state index in [1.807, 2.05) is 0 Å². The van der Waals surface area contributed by atoms with Crippen LogP contribution in [0.5, 0.6) is 0 Å². The molecule has 7 heteroatoms. The van der Waals surface area contributed by atoms with Crippen molar-refractivity contribution in [1.82, 2.24) is 15.0 Å². The summed E-state index contributed by atoms with van der Waals surface area (Å²) in [6.07, 6.45) is 3.95. The fourth-order valence-electron chi connectivity index (χ4n) is 2.57. The van der Waals surface area contributed by atoms with Gasteiger partial charge in [0, 0.05) is 11.3 Å². The second-order valence-electron chi connectivity index (χ2n) is 4.89. The molecule has 2 aromatic heterocycles. The van der Waals surface area contributed by atoms with Crippen LogP contribution < -0.4 is 0 Å². The first-order chi connectivity index (χ1) is 9.08. The van der Waals surface area contributed by atoms with Crippen molar-refractivity contribution < 1.29 is 4.87 Å². The number of hydrogen-bond donors (Lipinski definition) is 0. The monoisotopic (exact) mass is 297 g/mol. The van der Waals surface area contributed by atoms with Crippen LogP contribution in [0.4, 0.5) is 0 Å². The SMILES string of the molecule is CN(C)[N+](=O)C1CCc2c(sc3ncnc(Cl)c23)C1. The zero-order valence-electron chi connectivity index (χ0n) is 10.8. The zero-order chi connectivity index (χ0) is 13.6. The predicted molar refractivity (Wildman–Crippen MR) is 75.6 cm³/mol. The van der Waals surface area contributed by atoms with Crippen LogP contribution >= 0.6 is 22.9 Å². The molecule has 1 aliphatic carbocycles. The van der Waals surface area contributed by atoms with Crippen molar-refractivity contribution in [2.45, 2.75) is 25.3 Å². The molecule has 5 nitrogen and oxygen atoms in total. The standard InChI is InChI=1S/C12H14ClN4OS/c1-16(2)17(18)7-3-4-8-9(5-7)19-12-10(8)11(13)14-6-15-12/h6-7H,3-5H2,1-2H3/q+1. The Morgan fingerprint density at radius 3 is 3.00 bits per heavy atom. The third kappa shape index (κ3) is 2.08. The maximum absolute atomic E-state index is 12.0. The van der Waals surface area contributed by atoms with Gasteiger partial charge in [-0.1, -0.05) is 11.6 Å². The van der Waals surface area contributed by atoms with Crippen LogP contribution in [0.1, 0.15) is 16.9 Å². The molecule has 2 heterocycles. The summed E-state index contributed by atoms with van der Waals surface area (Å²) >= 11 is 7.79. The average molecular weight is 298 g/mol. The summed E-state index contributed by atoms with van der Waals surface area (Å²) in [6.45, 7) is 0. The number of fused-ring (bicyclic) bond motifs is 3. The van der Waals surface area contributed by atoms with Crippen molar-refractivity contribution in [3.63, 3.8) is 0 Å². The highest BCUT2D eigenvalue weighted by atomic mass is 35.5. The molecule has 0 fully saturated rings. The number of nitrogens with zero attached hydrogens (tertiary/aromatic N) is 4. The van der Waals surface area contributed by atoms with Crippen molar-refractivity contribution in [2.24, 2.45) is 0 Å². The van der Waals surface area contributed by atoms with Crippen molar-refractivity contribution in [1.29, 1.82) is 0 Å². The van der Waals surface area contributed by atoms with Crippen molar-refractivity contribution in [3.8, 4) is 0 Å². The number of aromatic nitrogens is 2. The van der Waals surface area contributed by atoms with Gasteiger partial charge in [0.05, 0.1) is 30.8 Å². The van der Waals surface area contributed by atoms with E-state index in [0.29, 0.717) is 5.15 Å². The maximum atomic E-state index is 12.0. The van der Waals surface area contributed by atoms with Gasteiger partial charge in [0.1, 0.15) is 21.2 Å². The van der Waals surface area contributed by atoms with Gasteiger partial charge < -0.3 is 0 Å². The molecular formula is C12H14ClN4OS+. The lowest BCUT2D eigenvalue weighted by molar-refractivity contribution is -0.725. The Kier molecular flexibility index (Phi) is 3.14. The van der Waals surface area contributed by atoms with Gasteiger partial charge in [-0.05, 0) is 12.0 Å². The maximum Gasteiger partial charge on any atom is 0.239 e. The minimum atomic E-state index is 0.00213. The van der Waals surface area contributed by atoms with E-state index in [1.54, 1.807) is 30.4 Å². The minimum absolute atomic E-state index is 0.00213. The molecule has 0 radical (unpaired) electrons. The Labute approximate surface area is 119 Å². The quantitative estimate of drug-likeness (QED) is 0.485. The van der Waals surface area contributed by atoms with Gasteiger partial charge in [-0.2, -0.15) is 0 Å². The molecule has 3 rings (SSSR count). The van der Waals surface area contributed by atoms with Crippen LogP contribution in [-0.4, -0.2) is 40.0 Å². The van der Waals surface area contributed by atoms with Gasteiger partial charge in [0.25, 0.3) is 0 Å². The molecule has 0 aliphatic heterocycles. The third-order valence-electron chi connectivity index (χ3n) is 3.48. The zero-order valence-corrected chi connectivity index (χ0v) is 12.3. The second kappa shape index (κ2) is 4.68. The van der Waals surface area contributed by atoms with Gasteiger partial charge in [-0.3, -0.25) is 0 Å². The van der Waals surface area contributed by atoms with E-state index in [1.165, 1.54) is 16.8 Å². The summed E-state index contributed by atoms with van der Waals surface area (Å²) in [5, 5.41) is 3.09. The second-order valence-corrected chi connectivity index (χ2v) is 6.34. The number of nitroso groups, excluding NO2 is 1. The first-order valence-corrected chi connectivity index (χ1v) is 7.31. The van der Waals surface area contributed by atoms with Crippen molar-refractivity contribution in [3.05, 3.63) is 26.8 Å². The first kappa shape index (κ1) is 12.7. The number of hydrazine groups is 1. The molecule has 1 aliphatic rings. The first-order valence-electron chi connectivity index (χ1n) is 6.12. The van der Waals surface area contributed by atoms with Crippen LogP contribution in [0.2, 0.25) is 5.15 Å². The van der Waals surface area contributed by atoms with Crippen LogP contribution in [-0.2, 0) is 12.8 Å². The van der Waals surface area contributed by atoms with Crippen molar-refractivity contribution in [2.75, 3.05) is 14.1 Å². The highest BCUT2D eigenvalue weighted by molar-refractivity contribution is 7.19. The van der Waals surface area contributed by atoms with Crippen LogP contribution in [0.15, 0.2) is 6.33 Å². The Bertz CT molecular complexity index is 654. The van der Waals surface area contributed by atoms with Gasteiger partial charge in [-0.25, -0.2) is 9.97 Å². The van der Waals surface area contributed by atoms with E-state index >= 15 is 0 Å². The van der Waals surface area contributed by atoms with Gasteiger partial charge >= 0.3 is 0 Å². The Morgan fingerprint density at radius 2 is 2.26 bits per heavy atom. The fraction of sp³-hybridized carbons (Fsp3) is 0.500. The number of rotatable bonds is 2. The van der Waals surface area contributed by atoms with Gasteiger partial charge in [0.15, 0.2) is 0 Å². The largest absolute Gasteiger partial charge is 0.239 e. The van der Waals surface area contributed by atoms with Crippen LogP contribution in [0, 0.1) is 4.91 Å². The molecule has 0 spiro atoms. The van der Waals surface area contributed by atoms with E-state index in [0.717, 1.165) is 34.3 Å². The summed E-state index contributed by atoms with van der Waals surface area (Å²) < 4.78 is 0. The molecular weight excluding hydrogens is 284 g/mol. The van der Waals surface area contributed by atoms with Gasteiger partial charge in [0.2, 0.25) is 6.04 Å². The summed E-state index contributed by atoms with van der Waals surface area (Å²) in [5.41, 5.74) is 1.23. The van der Waals surface area contributed by atoms with E-state index < -0.39 is 0 Å². The molecule has 100 valence electrons. The molecule has 0 saturated carbocycles. The van der Waals surface area contributed by atoms with E-state index in [-0.39, 0.29) is 6.04 Å². The topological polar surface area (TPSA) is 49.1 Å². The Morgan fingerprint density at radius 1 is 1.47 bits per heavy atom. The summed E-state index contributed by atoms with van der Waals surface area (Å²) in [4.78, 5) is 23.5. The van der Waals surface area contributed by atoms with Gasteiger partial charge in [-0.15, -0.1) is 16.3 Å². The number of thiophene rings is 1. The molecule has 0 amide bonds. The highest BCUT2D eigenvalue weighted by Gasteiger charge is 2.34. The van der Waals surface area contributed by atoms with Crippen LogP contribution in [0.25, 0.3) is 10.2 Å². The molecule has 0 aromatic carbocycles. The molecule has 2 aromatic rings. The lowest BCUT2D eigenvalue weighted by Crippen LogP contribution is -2.38. The van der Waals surface area contributed by atoms with E-state index in [2.05, 4.69) is 9.97 Å². The molecule has 0 N–H and O–H groups in total. The Balaban J connectivity index is 2.01. The summed E-state index contributed by atoms with van der Waals surface area (Å²) in [6, 6.07) is 0.00213. The number of halogens is 1. The third-order valence-corrected chi connectivity index (χ3v) is 4.93. The van der Waals surface area contributed by atoms with Crippen molar-refractivity contribution >= 4 is 33.2 Å². The molecule has 0 saturated heterocycles. The smallest absolute Gasteiger partial charge is 0.225 e. The lowest BCUT2D eigenvalue weighted by atomic mass is 9.93. The number of aryl methyl sites for hydroxylation is 1. The number of hydrogen-bond acceptors (Lipinski definition) is 4. The summed E-state index contributed by atoms with van der Waals surface area (Å²) in [5.74, 6) is 0. The highest BCUT2D eigenvalue weighted by Crippen LogP contribution is 2.38.